The van der Waals surface area contributed by atoms with Crippen molar-refractivity contribution >= 4 is 28.3 Å². The summed E-state index contributed by atoms with van der Waals surface area (Å²) in [7, 11) is 0. The van der Waals surface area contributed by atoms with Gasteiger partial charge in [-0.25, -0.2) is 5.48 Å². The number of benzene rings is 2. The number of carbonyl (C=O) groups is 1. The highest BCUT2D eigenvalue weighted by Gasteiger charge is 2.09. The van der Waals surface area contributed by atoms with Gasteiger partial charge in [-0.05, 0) is 17.5 Å². The van der Waals surface area contributed by atoms with Crippen molar-refractivity contribution in [3.8, 4) is 0 Å². The van der Waals surface area contributed by atoms with Gasteiger partial charge in [0.15, 0.2) is 0 Å². The van der Waals surface area contributed by atoms with Crippen LogP contribution in [0.3, 0.4) is 0 Å². The predicted octanol–water partition coefficient (Wildman–Crippen LogP) is 2.61. The van der Waals surface area contributed by atoms with Crippen LogP contribution in [0.1, 0.15) is 10.4 Å². The summed E-state index contributed by atoms with van der Waals surface area (Å²) < 4.78 is 0. The molecule has 0 fully saturated rings. The third-order valence-electron chi connectivity index (χ3n) is 2.22. The van der Waals surface area contributed by atoms with E-state index in [0.29, 0.717) is 10.6 Å². The normalized spacial score (nSPS) is 10.3. The summed E-state index contributed by atoms with van der Waals surface area (Å²) in [6.07, 6.45) is 0. The molecule has 76 valence electrons. The second-order valence-electron chi connectivity index (χ2n) is 3.08. The molecular weight excluding hydrogens is 214 g/mol. The van der Waals surface area contributed by atoms with E-state index in [9.17, 15) is 4.79 Å². The van der Waals surface area contributed by atoms with E-state index in [1.165, 1.54) is 0 Å². The Bertz CT molecular complexity index is 525. The van der Waals surface area contributed by atoms with Gasteiger partial charge in [0.1, 0.15) is 0 Å². The zero-order chi connectivity index (χ0) is 10.8. The summed E-state index contributed by atoms with van der Waals surface area (Å²) in [5, 5.41) is 10.7. The summed E-state index contributed by atoms with van der Waals surface area (Å²) in [5.74, 6) is -0.539. The fourth-order valence-corrected chi connectivity index (χ4v) is 1.77. The van der Waals surface area contributed by atoms with Crippen LogP contribution in [-0.2, 0) is 0 Å². The number of hydrogen-bond acceptors (Lipinski definition) is 2. The fourth-order valence-electron chi connectivity index (χ4n) is 1.53. The molecule has 0 aliphatic rings. The third-order valence-corrected chi connectivity index (χ3v) is 2.54. The lowest BCUT2D eigenvalue weighted by Gasteiger charge is -2.05. The standard InChI is InChI=1S/C11H8ClNO2/c12-10-6-2-3-7-8(10)4-1-5-9(7)11(14)13-15/h1-6,15H,(H,13,14). The monoisotopic (exact) mass is 221 g/mol. The number of fused-ring (bicyclic) bond motifs is 1. The highest BCUT2D eigenvalue weighted by Crippen LogP contribution is 2.25. The van der Waals surface area contributed by atoms with Gasteiger partial charge in [-0.3, -0.25) is 10.0 Å². The van der Waals surface area contributed by atoms with Gasteiger partial charge in [-0.1, -0.05) is 35.9 Å². The first-order valence-corrected chi connectivity index (χ1v) is 4.73. The molecule has 0 unspecified atom stereocenters. The topological polar surface area (TPSA) is 49.3 Å². The molecule has 0 radical (unpaired) electrons. The molecular formula is C11H8ClNO2. The largest absolute Gasteiger partial charge is 0.288 e. The van der Waals surface area contributed by atoms with Crippen molar-refractivity contribution in [3.05, 3.63) is 47.0 Å². The molecule has 0 spiro atoms. The molecule has 0 aromatic heterocycles. The van der Waals surface area contributed by atoms with Crippen molar-refractivity contribution in [2.45, 2.75) is 0 Å². The van der Waals surface area contributed by atoms with Gasteiger partial charge in [0.2, 0.25) is 0 Å². The first-order valence-electron chi connectivity index (χ1n) is 4.35. The average Bonchev–Trinajstić information content (AvgIpc) is 2.28. The van der Waals surface area contributed by atoms with E-state index in [1.54, 1.807) is 35.8 Å². The Hall–Kier alpha value is -1.58. The van der Waals surface area contributed by atoms with Crippen LogP contribution in [0.5, 0.6) is 0 Å². The Morgan fingerprint density at radius 1 is 1.13 bits per heavy atom. The Balaban J connectivity index is 2.77. The van der Waals surface area contributed by atoms with Gasteiger partial charge in [0.05, 0.1) is 0 Å². The number of rotatable bonds is 1. The van der Waals surface area contributed by atoms with Gasteiger partial charge >= 0.3 is 0 Å². The average molecular weight is 222 g/mol. The van der Waals surface area contributed by atoms with Crippen molar-refractivity contribution < 1.29 is 10.0 Å². The number of amides is 1. The molecule has 0 aliphatic carbocycles. The lowest BCUT2D eigenvalue weighted by molar-refractivity contribution is 0.0708. The maximum Gasteiger partial charge on any atom is 0.275 e. The Labute approximate surface area is 91.2 Å². The van der Waals surface area contributed by atoms with Gasteiger partial charge in [0, 0.05) is 16.0 Å². The highest BCUT2D eigenvalue weighted by atomic mass is 35.5. The number of halogens is 1. The number of hydrogen-bond donors (Lipinski definition) is 2. The lowest BCUT2D eigenvalue weighted by Crippen LogP contribution is -2.18. The third kappa shape index (κ3) is 1.67. The minimum Gasteiger partial charge on any atom is -0.288 e. The van der Waals surface area contributed by atoms with Crippen LogP contribution < -0.4 is 5.48 Å². The van der Waals surface area contributed by atoms with Crippen molar-refractivity contribution in [2.75, 3.05) is 0 Å². The quantitative estimate of drug-likeness (QED) is 0.575. The first kappa shape index (κ1) is 9.96. The van der Waals surface area contributed by atoms with Crippen LogP contribution in [0.4, 0.5) is 0 Å². The molecule has 0 saturated carbocycles. The van der Waals surface area contributed by atoms with Crippen molar-refractivity contribution in [2.24, 2.45) is 0 Å². The van der Waals surface area contributed by atoms with Crippen molar-refractivity contribution in [1.82, 2.24) is 5.48 Å². The molecule has 15 heavy (non-hydrogen) atoms. The maximum absolute atomic E-state index is 11.3. The zero-order valence-electron chi connectivity index (χ0n) is 7.70. The van der Waals surface area contributed by atoms with E-state index in [-0.39, 0.29) is 0 Å². The Morgan fingerprint density at radius 3 is 2.53 bits per heavy atom. The van der Waals surface area contributed by atoms with Crippen LogP contribution in [0.2, 0.25) is 5.02 Å². The van der Waals surface area contributed by atoms with E-state index in [4.69, 9.17) is 16.8 Å². The van der Waals surface area contributed by atoms with E-state index >= 15 is 0 Å². The van der Waals surface area contributed by atoms with Gasteiger partial charge < -0.3 is 0 Å². The SMILES string of the molecule is O=C(NO)c1cccc2c(Cl)cccc12. The Morgan fingerprint density at radius 2 is 1.80 bits per heavy atom. The van der Waals surface area contributed by atoms with Crippen molar-refractivity contribution in [3.63, 3.8) is 0 Å². The first-order chi connectivity index (χ1) is 7.24. The highest BCUT2D eigenvalue weighted by molar-refractivity contribution is 6.36. The summed E-state index contributed by atoms with van der Waals surface area (Å²) in [5.41, 5.74) is 2.01. The molecule has 0 atom stereocenters. The molecule has 2 aromatic rings. The molecule has 2 aromatic carbocycles. The maximum atomic E-state index is 11.3. The minimum atomic E-state index is -0.539. The molecule has 2 rings (SSSR count). The smallest absolute Gasteiger partial charge is 0.275 e. The van der Waals surface area contributed by atoms with E-state index < -0.39 is 5.91 Å². The second-order valence-corrected chi connectivity index (χ2v) is 3.49. The van der Waals surface area contributed by atoms with Crippen molar-refractivity contribution in [1.29, 1.82) is 0 Å². The molecule has 0 heterocycles. The molecule has 0 aliphatic heterocycles. The lowest BCUT2D eigenvalue weighted by atomic mass is 10.0. The van der Waals surface area contributed by atoms with Crippen LogP contribution in [0, 0.1) is 0 Å². The zero-order valence-corrected chi connectivity index (χ0v) is 8.45. The van der Waals surface area contributed by atoms with Gasteiger partial charge in [-0.2, -0.15) is 0 Å². The Kier molecular flexibility index (Phi) is 2.58. The number of nitrogens with one attached hydrogen (secondary N) is 1. The number of carbonyl (C=O) groups excluding carboxylic acids is 1. The fraction of sp³-hybridized carbons (Fsp3) is 0. The van der Waals surface area contributed by atoms with Crippen LogP contribution in [-0.4, -0.2) is 11.1 Å². The molecule has 4 heteroatoms. The summed E-state index contributed by atoms with van der Waals surface area (Å²) in [6, 6.07) is 10.5. The number of hydroxylamine groups is 1. The molecule has 0 bridgehead atoms. The summed E-state index contributed by atoms with van der Waals surface area (Å²) in [4.78, 5) is 11.3. The van der Waals surface area contributed by atoms with E-state index in [1.807, 2.05) is 6.07 Å². The molecule has 0 saturated heterocycles. The van der Waals surface area contributed by atoms with Crippen LogP contribution in [0.25, 0.3) is 10.8 Å². The minimum absolute atomic E-state index is 0.400. The second kappa shape index (κ2) is 3.88. The molecule has 1 amide bonds. The summed E-state index contributed by atoms with van der Waals surface area (Å²) in [6.45, 7) is 0. The van der Waals surface area contributed by atoms with Crippen LogP contribution in [0.15, 0.2) is 36.4 Å². The van der Waals surface area contributed by atoms with E-state index in [2.05, 4.69) is 0 Å². The molecule has 3 nitrogen and oxygen atoms in total. The van der Waals surface area contributed by atoms with Crippen LogP contribution >= 0.6 is 11.6 Å². The van der Waals surface area contributed by atoms with E-state index in [0.717, 1.165) is 10.8 Å². The predicted molar refractivity (Wildman–Crippen MR) is 58.2 cm³/mol. The molecule has 2 N–H and O–H groups in total. The summed E-state index contributed by atoms with van der Waals surface area (Å²) >= 11 is 5.98. The van der Waals surface area contributed by atoms with Gasteiger partial charge in [0.25, 0.3) is 5.91 Å². The van der Waals surface area contributed by atoms with Gasteiger partial charge in [-0.15, -0.1) is 0 Å².